The molecule has 0 aromatic heterocycles. The van der Waals surface area contributed by atoms with Gasteiger partial charge in [-0.3, -0.25) is 0 Å². The molecule has 0 atom stereocenters. The first kappa shape index (κ1) is 15.8. The molecule has 0 bridgehead atoms. The summed E-state index contributed by atoms with van der Waals surface area (Å²) in [5.41, 5.74) is -0.424. The van der Waals surface area contributed by atoms with Gasteiger partial charge in [0.2, 0.25) is 0 Å². The molecule has 1 aromatic rings. The number of rotatable bonds is 4. The van der Waals surface area contributed by atoms with Crippen molar-refractivity contribution in [2.24, 2.45) is 0 Å². The maximum Gasteiger partial charge on any atom is 0.457 e. The van der Waals surface area contributed by atoms with E-state index in [0.29, 0.717) is 0 Å². The molecule has 0 aliphatic carbocycles. The van der Waals surface area contributed by atoms with Gasteiger partial charge in [0.15, 0.2) is 0 Å². The molecular weight excluding hydrogens is 263 g/mol. The second-order valence-electron chi connectivity index (χ2n) is 7.47. The Morgan fingerprint density at radius 1 is 0.950 bits per heavy atom. The van der Waals surface area contributed by atoms with Crippen LogP contribution in [-0.4, -0.2) is 26.4 Å². The van der Waals surface area contributed by atoms with E-state index >= 15 is 0 Å². The van der Waals surface area contributed by atoms with Crippen LogP contribution in [0.2, 0.25) is 25.5 Å². The molecule has 0 unspecified atom stereocenters. The lowest BCUT2D eigenvalue weighted by molar-refractivity contribution is 0.00578. The summed E-state index contributed by atoms with van der Waals surface area (Å²) in [6.45, 7) is 13.3. The summed E-state index contributed by atoms with van der Waals surface area (Å²) in [5.74, 6) is 0. The van der Waals surface area contributed by atoms with Gasteiger partial charge >= 0.3 is 7.12 Å². The number of benzene rings is 1. The van der Waals surface area contributed by atoms with E-state index < -0.39 is 8.07 Å². The normalized spacial score (nSPS) is 21.2. The standard InChI is InChI=1S/C16H27BO2Si/c1-15(2)16(3,4)19-17(18-15)12-13-20(5,6)14-10-8-7-9-11-14/h7-11H,12-13H2,1-6H3. The third kappa shape index (κ3) is 3.18. The molecule has 20 heavy (non-hydrogen) atoms. The molecule has 110 valence electrons. The van der Waals surface area contributed by atoms with Gasteiger partial charge in [-0.05, 0) is 34.0 Å². The quantitative estimate of drug-likeness (QED) is 0.787. The second-order valence-corrected chi connectivity index (χ2v) is 12.3. The fourth-order valence-corrected chi connectivity index (χ4v) is 4.94. The Kier molecular flexibility index (Phi) is 4.20. The summed E-state index contributed by atoms with van der Waals surface area (Å²) in [7, 11) is -1.46. The molecule has 1 fully saturated rings. The molecule has 1 aliphatic rings. The molecule has 1 aromatic carbocycles. The van der Waals surface area contributed by atoms with Crippen LogP contribution in [0.15, 0.2) is 30.3 Å². The Morgan fingerprint density at radius 2 is 1.45 bits per heavy atom. The van der Waals surface area contributed by atoms with E-state index in [-0.39, 0.29) is 18.3 Å². The molecule has 4 heteroatoms. The van der Waals surface area contributed by atoms with Crippen molar-refractivity contribution in [2.45, 2.75) is 64.4 Å². The zero-order valence-electron chi connectivity index (χ0n) is 13.7. The summed E-state index contributed by atoms with van der Waals surface area (Å²) < 4.78 is 12.2. The van der Waals surface area contributed by atoms with Gasteiger partial charge in [-0.25, -0.2) is 0 Å². The van der Waals surface area contributed by atoms with Crippen LogP contribution in [-0.2, 0) is 9.31 Å². The van der Waals surface area contributed by atoms with Crippen LogP contribution in [0, 0.1) is 0 Å². The van der Waals surface area contributed by atoms with Crippen molar-refractivity contribution >= 4 is 20.4 Å². The van der Waals surface area contributed by atoms with Crippen LogP contribution in [0.3, 0.4) is 0 Å². The summed E-state index contributed by atoms with van der Waals surface area (Å²) in [5, 5.41) is 1.51. The zero-order valence-corrected chi connectivity index (χ0v) is 14.7. The Morgan fingerprint density at radius 3 is 1.95 bits per heavy atom. The first-order valence-electron chi connectivity index (χ1n) is 7.55. The van der Waals surface area contributed by atoms with Gasteiger partial charge in [0.1, 0.15) is 0 Å². The van der Waals surface area contributed by atoms with Crippen LogP contribution in [0.1, 0.15) is 27.7 Å². The van der Waals surface area contributed by atoms with E-state index in [2.05, 4.69) is 71.1 Å². The van der Waals surface area contributed by atoms with Crippen molar-refractivity contribution < 1.29 is 9.31 Å². The highest BCUT2D eigenvalue weighted by molar-refractivity contribution is 6.90. The van der Waals surface area contributed by atoms with E-state index in [4.69, 9.17) is 9.31 Å². The minimum absolute atomic E-state index is 0.0597. The van der Waals surface area contributed by atoms with Gasteiger partial charge in [-0.1, -0.05) is 54.7 Å². The number of hydrogen-bond donors (Lipinski definition) is 0. The highest BCUT2D eigenvalue weighted by Crippen LogP contribution is 2.38. The molecule has 0 amide bonds. The maximum atomic E-state index is 6.10. The average Bonchev–Trinajstić information content (AvgIpc) is 2.57. The lowest BCUT2D eigenvalue weighted by atomic mass is 9.86. The lowest BCUT2D eigenvalue weighted by Crippen LogP contribution is -2.42. The predicted octanol–water partition coefficient (Wildman–Crippen LogP) is 3.69. The molecule has 1 saturated heterocycles. The monoisotopic (exact) mass is 290 g/mol. The van der Waals surface area contributed by atoms with Crippen LogP contribution in [0.4, 0.5) is 0 Å². The SMILES string of the molecule is CC1(C)OB(CC[Si](C)(C)c2ccccc2)OC1(C)C. The summed E-state index contributed by atoms with van der Waals surface area (Å²) in [6.07, 6.45) is 0.987. The Balaban J connectivity index is 1.97. The van der Waals surface area contributed by atoms with Gasteiger partial charge < -0.3 is 9.31 Å². The predicted molar refractivity (Wildman–Crippen MR) is 89.3 cm³/mol. The van der Waals surface area contributed by atoms with Crippen molar-refractivity contribution in [1.29, 1.82) is 0 Å². The largest absolute Gasteiger partial charge is 0.457 e. The van der Waals surface area contributed by atoms with Crippen LogP contribution >= 0.6 is 0 Å². The summed E-state index contributed by atoms with van der Waals surface area (Å²) in [4.78, 5) is 0. The molecule has 0 N–H and O–H groups in total. The van der Waals surface area contributed by atoms with E-state index in [1.165, 1.54) is 11.2 Å². The topological polar surface area (TPSA) is 18.5 Å². The molecule has 0 spiro atoms. The molecule has 1 aliphatic heterocycles. The lowest BCUT2D eigenvalue weighted by Gasteiger charge is -2.32. The molecule has 2 rings (SSSR count). The van der Waals surface area contributed by atoms with Crippen molar-refractivity contribution in [3.8, 4) is 0 Å². The molecule has 1 heterocycles. The highest BCUT2D eigenvalue weighted by Gasteiger charge is 2.50. The molecule has 0 radical (unpaired) electrons. The minimum Gasteiger partial charge on any atom is -0.403 e. The molecule has 0 saturated carbocycles. The Labute approximate surface area is 125 Å². The van der Waals surface area contributed by atoms with Gasteiger partial charge in [-0.2, -0.15) is 0 Å². The van der Waals surface area contributed by atoms with Gasteiger partial charge in [0.25, 0.3) is 0 Å². The Hall–Kier alpha value is -0.578. The Bertz CT molecular complexity index is 441. The average molecular weight is 290 g/mol. The van der Waals surface area contributed by atoms with Crippen molar-refractivity contribution in [3.63, 3.8) is 0 Å². The third-order valence-corrected chi connectivity index (χ3v) is 8.30. The first-order chi connectivity index (χ1) is 9.14. The van der Waals surface area contributed by atoms with E-state index in [1.807, 2.05) is 0 Å². The van der Waals surface area contributed by atoms with Gasteiger partial charge in [0, 0.05) is 0 Å². The smallest absolute Gasteiger partial charge is 0.403 e. The van der Waals surface area contributed by atoms with E-state index in [1.54, 1.807) is 0 Å². The van der Waals surface area contributed by atoms with Crippen LogP contribution in [0.25, 0.3) is 0 Å². The summed E-state index contributed by atoms with van der Waals surface area (Å²) >= 11 is 0. The second kappa shape index (κ2) is 5.32. The molecular formula is C16H27BO2Si. The van der Waals surface area contributed by atoms with Crippen molar-refractivity contribution in [3.05, 3.63) is 30.3 Å². The van der Waals surface area contributed by atoms with Gasteiger partial charge in [-0.15, -0.1) is 0 Å². The van der Waals surface area contributed by atoms with E-state index in [9.17, 15) is 0 Å². The number of hydrogen-bond acceptors (Lipinski definition) is 2. The third-order valence-electron chi connectivity index (χ3n) is 4.86. The fourth-order valence-electron chi connectivity index (χ4n) is 2.60. The minimum atomic E-state index is -1.40. The van der Waals surface area contributed by atoms with Gasteiger partial charge in [0.05, 0.1) is 19.3 Å². The van der Waals surface area contributed by atoms with E-state index in [0.717, 1.165) is 6.32 Å². The van der Waals surface area contributed by atoms with Crippen LogP contribution < -0.4 is 5.19 Å². The summed E-state index contributed by atoms with van der Waals surface area (Å²) in [6, 6.07) is 12.1. The van der Waals surface area contributed by atoms with Crippen LogP contribution in [0.5, 0.6) is 0 Å². The molecule has 2 nitrogen and oxygen atoms in total. The maximum absolute atomic E-state index is 6.10. The fraction of sp³-hybridized carbons (Fsp3) is 0.625. The zero-order chi connectivity index (χ0) is 15.0. The highest BCUT2D eigenvalue weighted by atomic mass is 28.3. The van der Waals surface area contributed by atoms with Crippen molar-refractivity contribution in [2.75, 3.05) is 0 Å². The first-order valence-corrected chi connectivity index (χ1v) is 10.8. The van der Waals surface area contributed by atoms with Crippen molar-refractivity contribution in [1.82, 2.24) is 0 Å².